The molecule has 19 heavy (non-hydrogen) atoms. The monoisotopic (exact) mass is 283 g/mol. The highest BCUT2D eigenvalue weighted by Crippen LogP contribution is 2.27. The number of likely N-dealkylation sites (tertiary alicyclic amines) is 1. The third kappa shape index (κ3) is 3.01. The van der Waals surface area contributed by atoms with Gasteiger partial charge in [0, 0.05) is 24.0 Å². The molecule has 1 aromatic carbocycles. The van der Waals surface area contributed by atoms with Crippen molar-refractivity contribution in [1.82, 2.24) is 4.90 Å². The van der Waals surface area contributed by atoms with Crippen molar-refractivity contribution in [3.05, 3.63) is 28.8 Å². The zero-order valence-corrected chi connectivity index (χ0v) is 11.9. The molecule has 1 N–H and O–H groups in total. The molecule has 0 bridgehead atoms. The molecule has 1 heterocycles. The number of aliphatic hydroxyl groups is 1. The fourth-order valence-electron chi connectivity index (χ4n) is 2.38. The highest BCUT2D eigenvalue weighted by molar-refractivity contribution is 6.30. The van der Waals surface area contributed by atoms with Gasteiger partial charge in [0.05, 0.1) is 18.8 Å². The van der Waals surface area contributed by atoms with Crippen LogP contribution in [0.2, 0.25) is 5.02 Å². The minimum atomic E-state index is -0.384. The van der Waals surface area contributed by atoms with Crippen LogP contribution in [0, 0.1) is 5.92 Å². The average Bonchev–Trinajstić information content (AvgIpc) is 2.87. The summed E-state index contributed by atoms with van der Waals surface area (Å²) in [5.41, 5.74) is 0.512. The van der Waals surface area contributed by atoms with Crippen molar-refractivity contribution in [2.75, 3.05) is 20.2 Å². The van der Waals surface area contributed by atoms with Crippen LogP contribution < -0.4 is 4.74 Å². The van der Waals surface area contributed by atoms with Crippen molar-refractivity contribution in [3.8, 4) is 5.75 Å². The first kappa shape index (κ1) is 14.2. The Labute approximate surface area is 117 Å². The summed E-state index contributed by atoms with van der Waals surface area (Å²) in [5, 5.41) is 10.1. The van der Waals surface area contributed by atoms with E-state index in [1.54, 1.807) is 30.0 Å². The predicted octanol–water partition coefficient (Wildman–Crippen LogP) is 2.19. The standard InChI is InChI=1S/C14H18ClNO3/c1-9(17)10-5-6-16(8-10)14(18)12-4-3-11(15)7-13(12)19-2/h3-4,7,9-10,17H,5-6,8H2,1-2H3. The van der Waals surface area contributed by atoms with Crippen LogP contribution in [0.3, 0.4) is 0 Å². The first-order valence-corrected chi connectivity index (χ1v) is 6.71. The van der Waals surface area contributed by atoms with E-state index in [1.807, 2.05) is 0 Å². The topological polar surface area (TPSA) is 49.8 Å². The lowest BCUT2D eigenvalue weighted by atomic mass is 10.0. The van der Waals surface area contributed by atoms with E-state index in [1.165, 1.54) is 7.11 Å². The third-order valence-electron chi connectivity index (χ3n) is 3.59. The molecule has 104 valence electrons. The lowest BCUT2D eigenvalue weighted by Crippen LogP contribution is -2.30. The maximum absolute atomic E-state index is 12.4. The van der Waals surface area contributed by atoms with Crippen LogP contribution in [0.4, 0.5) is 0 Å². The summed E-state index contributed by atoms with van der Waals surface area (Å²) in [6, 6.07) is 5.00. The zero-order chi connectivity index (χ0) is 14.0. The molecular weight excluding hydrogens is 266 g/mol. The predicted molar refractivity (Wildman–Crippen MR) is 73.7 cm³/mol. The second-order valence-corrected chi connectivity index (χ2v) is 5.32. The minimum absolute atomic E-state index is 0.0725. The summed E-state index contributed by atoms with van der Waals surface area (Å²) in [6.45, 7) is 3.02. The summed E-state index contributed by atoms with van der Waals surface area (Å²) in [7, 11) is 1.52. The fourth-order valence-corrected chi connectivity index (χ4v) is 2.54. The number of hydrogen-bond donors (Lipinski definition) is 1. The molecule has 1 aliphatic rings. The molecule has 1 amide bonds. The smallest absolute Gasteiger partial charge is 0.257 e. The number of hydrogen-bond acceptors (Lipinski definition) is 3. The SMILES string of the molecule is COc1cc(Cl)ccc1C(=O)N1CCC(C(C)O)C1. The van der Waals surface area contributed by atoms with E-state index in [2.05, 4.69) is 0 Å². The Morgan fingerprint density at radius 1 is 1.58 bits per heavy atom. The maximum Gasteiger partial charge on any atom is 0.257 e. The van der Waals surface area contributed by atoms with E-state index < -0.39 is 0 Å². The van der Waals surface area contributed by atoms with Gasteiger partial charge in [-0.15, -0.1) is 0 Å². The summed E-state index contributed by atoms with van der Waals surface area (Å²) in [6.07, 6.45) is 0.448. The maximum atomic E-state index is 12.4. The molecule has 2 atom stereocenters. The quantitative estimate of drug-likeness (QED) is 0.925. The van der Waals surface area contributed by atoms with E-state index in [-0.39, 0.29) is 17.9 Å². The van der Waals surface area contributed by atoms with Crippen LogP contribution >= 0.6 is 11.6 Å². The molecule has 1 saturated heterocycles. The zero-order valence-electron chi connectivity index (χ0n) is 11.1. The highest BCUT2D eigenvalue weighted by Gasteiger charge is 2.30. The molecule has 0 saturated carbocycles. The number of amides is 1. The third-order valence-corrected chi connectivity index (χ3v) is 3.82. The Balaban J connectivity index is 2.17. The normalized spacial score (nSPS) is 20.4. The summed E-state index contributed by atoms with van der Waals surface area (Å²) >= 11 is 5.89. The summed E-state index contributed by atoms with van der Waals surface area (Å²) in [4.78, 5) is 14.2. The van der Waals surface area contributed by atoms with E-state index in [9.17, 15) is 9.90 Å². The molecule has 4 nitrogen and oxygen atoms in total. The Kier molecular flexibility index (Phi) is 4.32. The van der Waals surface area contributed by atoms with Gasteiger partial charge in [0.15, 0.2) is 0 Å². The Morgan fingerprint density at radius 3 is 2.89 bits per heavy atom. The van der Waals surface area contributed by atoms with Gasteiger partial charge in [0.1, 0.15) is 5.75 Å². The first-order chi connectivity index (χ1) is 9.02. The number of rotatable bonds is 3. The van der Waals surface area contributed by atoms with E-state index >= 15 is 0 Å². The number of carbonyl (C=O) groups is 1. The molecule has 1 fully saturated rings. The average molecular weight is 284 g/mol. The van der Waals surface area contributed by atoms with Gasteiger partial charge in [0.2, 0.25) is 0 Å². The van der Waals surface area contributed by atoms with Crippen LogP contribution in [-0.4, -0.2) is 42.2 Å². The molecule has 0 radical (unpaired) electrons. The largest absolute Gasteiger partial charge is 0.496 e. The molecule has 1 aromatic rings. The van der Waals surface area contributed by atoms with Gasteiger partial charge in [-0.05, 0) is 31.5 Å². The van der Waals surface area contributed by atoms with E-state index in [0.717, 1.165) is 6.42 Å². The van der Waals surface area contributed by atoms with Crippen molar-refractivity contribution in [1.29, 1.82) is 0 Å². The van der Waals surface area contributed by atoms with Crippen molar-refractivity contribution in [3.63, 3.8) is 0 Å². The number of nitrogens with zero attached hydrogens (tertiary/aromatic N) is 1. The Hall–Kier alpha value is -1.26. The Morgan fingerprint density at radius 2 is 2.32 bits per heavy atom. The fraction of sp³-hybridized carbons (Fsp3) is 0.500. The van der Waals surface area contributed by atoms with Crippen LogP contribution in [0.1, 0.15) is 23.7 Å². The first-order valence-electron chi connectivity index (χ1n) is 6.33. The molecule has 2 unspecified atom stereocenters. The number of carbonyl (C=O) groups excluding carboxylic acids is 1. The number of benzene rings is 1. The molecule has 0 spiro atoms. The molecule has 2 rings (SSSR count). The molecular formula is C14H18ClNO3. The lowest BCUT2D eigenvalue weighted by molar-refractivity contribution is 0.0759. The van der Waals surface area contributed by atoms with Gasteiger partial charge in [-0.25, -0.2) is 0 Å². The van der Waals surface area contributed by atoms with Crippen molar-refractivity contribution >= 4 is 17.5 Å². The number of methoxy groups -OCH3 is 1. The number of aliphatic hydroxyl groups excluding tert-OH is 1. The van der Waals surface area contributed by atoms with Crippen LogP contribution in [0.15, 0.2) is 18.2 Å². The van der Waals surface area contributed by atoms with Gasteiger partial charge < -0.3 is 14.7 Å². The number of ether oxygens (including phenoxy) is 1. The molecule has 5 heteroatoms. The van der Waals surface area contributed by atoms with E-state index in [0.29, 0.717) is 29.4 Å². The minimum Gasteiger partial charge on any atom is -0.496 e. The van der Waals surface area contributed by atoms with Gasteiger partial charge >= 0.3 is 0 Å². The second kappa shape index (κ2) is 5.80. The highest BCUT2D eigenvalue weighted by atomic mass is 35.5. The van der Waals surface area contributed by atoms with Crippen molar-refractivity contribution in [2.45, 2.75) is 19.4 Å². The lowest BCUT2D eigenvalue weighted by Gasteiger charge is -2.19. The van der Waals surface area contributed by atoms with Gasteiger partial charge in [-0.2, -0.15) is 0 Å². The van der Waals surface area contributed by atoms with Crippen LogP contribution in [0.5, 0.6) is 5.75 Å². The molecule has 0 aliphatic carbocycles. The van der Waals surface area contributed by atoms with Crippen LogP contribution in [0.25, 0.3) is 0 Å². The van der Waals surface area contributed by atoms with Crippen molar-refractivity contribution in [2.24, 2.45) is 5.92 Å². The Bertz CT molecular complexity index is 476. The molecule has 1 aliphatic heterocycles. The van der Waals surface area contributed by atoms with Gasteiger partial charge in [-0.1, -0.05) is 11.6 Å². The molecule has 0 aromatic heterocycles. The number of halogens is 1. The summed E-state index contributed by atoms with van der Waals surface area (Å²) < 4.78 is 5.20. The summed E-state index contributed by atoms with van der Waals surface area (Å²) in [5.74, 6) is 0.567. The van der Waals surface area contributed by atoms with E-state index in [4.69, 9.17) is 16.3 Å². The van der Waals surface area contributed by atoms with Gasteiger partial charge in [-0.3, -0.25) is 4.79 Å². The van der Waals surface area contributed by atoms with Crippen LogP contribution in [-0.2, 0) is 0 Å². The van der Waals surface area contributed by atoms with Crippen molar-refractivity contribution < 1.29 is 14.6 Å². The second-order valence-electron chi connectivity index (χ2n) is 4.89. The van der Waals surface area contributed by atoms with Gasteiger partial charge in [0.25, 0.3) is 5.91 Å².